The summed E-state index contributed by atoms with van der Waals surface area (Å²) in [6.45, 7) is 6.72. The maximum Gasteiger partial charge on any atom is 0.327 e. The molecule has 0 aromatic carbocycles. The normalized spacial score (nSPS) is 25.7. The molecule has 2 rings (SSSR count). The summed E-state index contributed by atoms with van der Waals surface area (Å²) in [6.07, 6.45) is 4.15. The summed E-state index contributed by atoms with van der Waals surface area (Å²) in [6, 6.07) is -0.512. The monoisotopic (exact) mass is 381 g/mol. The van der Waals surface area contributed by atoms with Crippen LogP contribution in [0.2, 0.25) is 0 Å². The van der Waals surface area contributed by atoms with Crippen molar-refractivity contribution in [2.75, 3.05) is 6.54 Å². The Labute approximate surface area is 160 Å². The van der Waals surface area contributed by atoms with E-state index in [4.69, 9.17) is 4.74 Å². The zero-order valence-corrected chi connectivity index (χ0v) is 16.7. The van der Waals surface area contributed by atoms with Crippen LogP contribution in [0.4, 0.5) is 4.79 Å². The summed E-state index contributed by atoms with van der Waals surface area (Å²) in [5.74, 6) is -1.16. The first kappa shape index (κ1) is 21.2. The fourth-order valence-electron chi connectivity index (χ4n) is 3.80. The predicted molar refractivity (Wildman–Crippen MR) is 98.7 cm³/mol. The van der Waals surface area contributed by atoms with E-state index in [1.54, 1.807) is 0 Å². The van der Waals surface area contributed by atoms with Crippen molar-refractivity contribution in [2.45, 2.75) is 83.9 Å². The maximum absolute atomic E-state index is 12.5. The van der Waals surface area contributed by atoms with Gasteiger partial charge in [0.15, 0.2) is 6.10 Å². The van der Waals surface area contributed by atoms with E-state index in [-0.39, 0.29) is 11.9 Å². The van der Waals surface area contributed by atoms with Gasteiger partial charge in [-0.25, -0.2) is 4.79 Å². The molecule has 2 fully saturated rings. The van der Waals surface area contributed by atoms with Gasteiger partial charge in [0.25, 0.3) is 11.8 Å². The predicted octanol–water partition coefficient (Wildman–Crippen LogP) is 1.72. The van der Waals surface area contributed by atoms with Gasteiger partial charge < -0.3 is 15.4 Å². The smallest absolute Gasteiger partial charge is 0.327 e. The van der Waals surface area contributed by atoms with Gasteiger partial charge in [-0.15, -0.1) is 0 Å². The Hall–Kier alpha value is -2.12. The minimum atomic E-state index is -0.977. The van der Waals surface area contributed by atoms with Crippen LogP contribution >= 0.6 is 0 Å². The highest BCUT2D eigenvalue weighted by Crippen LogP contribution is 2.25. The van der Waals surface area contributed by atoms with Crippen LogP contribution in [-0.2, 0) is 19.1 Å². The van der Waals surface area contributed by atoms with Gasteiger partial charge in [-0.3, -0.25) is 19.3 Å². The first-order valence-corrected chi connectivity index (χ1v) is 9.88. The average Bonchev–Trinajstić information content (AvgIpc) is 2.88. The van der Waals surface area contributed by atoms with Gasteiger partial charge in [-0.1, -0.05) is 33.6 Å². The van der Waals surface area contributed by atoms with Gasteiger partial charge in [0.1, 0.15) is 12.1 Å². The van der Waals surface area contributed by atoms with Crippen molar-refractivity contribution >= 4 is 23.8 Å². The number of hydrogen-bond acceptors (Lipinski definition) is 5. The van der Waals surface area contributed by atoms with Crippen LogP contribution in [0.3, 0.4) is 0 Å². The molecule has 4 amide bonds. The number of nitrogens with zero attached hydrogens (tertiary/aromatic N) is 1. The Morgan fingerprint density at radius 1 is 1.26 bits per heavy atom. The van der Waals surface area contributed by atoms with Gasteiger partial charge in [0.05, 0.1) is 0 Å². The average molecular weight is 381 g/mol. The molecule has 2 aliphatic rings. The second-order valence-corrected chi connectivity index (χ2v) is 7.62. The SMILES string of the molecule is CCC1(CC)NC(=O)N(CC(=O)O[C@H](C)C(=O)N[C@H]2CCCC[C@@H]2C)C1=O. The second-order valence-electron chi connectivity index (χ2n) is 7.62. The Kier molecular flexibility index (Phi) is 6.84. The molecule has 8 heteroatoms. The van der Waals surface area contributed by atoms with E-state index in [0.717, 1.165) is 24.2 Å². The van der Waals surface area contributed by atoms with Crippen molar-refractivity contribution in [1.29, 1.82) is 0 Å². The number of amides is 4. The van der Waals surface area contributed by atoms with Crippen molar-refractivity contribution in [3.8, 4) is 0 Å². The number of carbonyl (C=O) groups is 4. The number of ether oxygens (including phenoxy) is 1. The molecule has 1 saturated carbocycles. The molecule has 1 aliphatic heterocycles. The summed E-state index contributed by atoms with van der Waals surface area (Å²) in [5, 5.41) is 5.60. The highest BCUT2D eigenvalue weighted by molar-refractivity contribution is 6.08. The van der Waals surface area contributed by atoms with Crippen molar-refractivity contribution in [1.82, 2.24) is 15.5 Å². The number of esters is 1. The van der Waals surface area contributed by atoms with Crippen molar-refractivity contribution < 1.29 is 23.9 Å². The summed E-state index contributed by atoms with van der Waals surface area (Å²) < 4.78 is 5.16. The van der Waals surface area contributed by atoms with Gasteiger partial charge >= 0.3 is 12.0 Å². The number of nitrogens with one attached hydrogen (secondary N) is 2. The van der Waals surface area contributed by atoms with Crippen LogP contribution in [0.5, 0.6) is 0 Å². The third kappa shape index (κ3) is 4.59. The van der Waals surface area contributed by atoms with Gasteiger partial charge in [-0.05, 0) is 38.5 Å². The fraction of sp³-hybridized carbons (Fsp3) is 0.789. The lowest BCUT2D eigenvalue weighted by Gasteiger charge is -2.30. The van der Waals surface area contributed by atoms with Crippen LogP contribution in [0.25, 0.3) is 0 Å². The lowest BCUT2D eigenvalue weighted by Crippen LogP contribution is -2.47. The van der Waals surface area contributed by atoms with Crippen LogP contribution < -0.4 is 10.6 Å². The number of carbonyl (C=O) groups excluding carboxylic acids is 4. The number of urea groups is 1. The topological polar surface area (TPSA) is 105 Å². The van der Waals surface area contributed by atoms with E-state index in [1.807, 2.05) is 13.8 Å². The van der Waals surface area contributed by atoms with Gasteiger partial charge in [0.2, 0.25) is 0 Å². The molecule has 3 atom stereocenters. The Morgan fingerprint density at radius 3 is 2.44 bits per heavy atom. The van der Waals surface area contributed by atoms with E-state index < -0.39 is 36.1 Å². The van der Waals surface area contributed by atoms with E-state index in [1.165, 1.54) is 13.3 Å². The minimum absolute atomic E-state index is 0.0908. The van der Waals surface area contributed by atoms with E-state index in [0.29, 0.717) is 18.8 Å². The molecule has 1 heterocycles. The van der Waals surface area contributed by atoms with Crippen LogP contribution in [0.15, 0.2) is 0 Å². The molecule has 152 valence electrons. The van der Waals surface area contributed by atoms with Crippen molar-refractivity contribution in [3.63, 3.8) is 0 Å². The Balaban J connectivity index is 1.88. The minimum Gasteiger partial charge on any atom is -0.451 e. The van der Waals surface area contributed by atoms with Crippen molar-refractivity contribution in [3.05, 3.63) is 0 Å². The maximum atomic E-state index is 12.5. The molecule has 1 saturated heterocycles. The molecular formula is C19H31N3O5. The molecule has 27 heavy (non-hydrogen) atoms. The molecule has 0 unspecified atom stereocenters. The van der Waals surface area contributed by atoms with Crippen LogP contribution in [-0.4, -0.2) is 52.9 Å². The third-order valence-electron chi connectivity index (χ3n) is 5.86. The molecule has 0 spiro atoms. The standard InChI is InChI=1S/C19H31N3O5/c1-5-19(6-2)17(25)22(18(26)21-19)11-15(23)27-13(4)16(24)20-14-10-8-7-9-12(14)3/h12-14H,5-11H2,1-4H3,(H,20,24)(H,21,26)/t12-,13+,14-/m0/s1. The highest BCUT2D eigenvalue weighted by atomic mass is 16.5. The molecule has 1 aliphatic carbocycles. The van der Waals surface area contributed by atoms with Crippen LogP contribution in [0.1, 0.15) is 66.2 Å². The first-order valence-electron chi connectivity index (χ1n) is 9.88. The lowest BCUT2D eigenvalue weighted by molar-refractivity contribution is -0.157. The Bertz CT molecular complexity index is 602. The molecule has 8 nitrogen and oxygen atoms in total. The molecular weight excluding hydrogens is 350 g/mol. The summed E-state index contributed by atoms with van der Waals surface area (Å²) in [5.41, 5.74) is -0.961. The summed E-state index contributed by atoms with van der Waals surface area (Å²) in [7, 11) is 0. The molecule has 0 aromatic heterocycles. The first-order chi connectivity index (χ1) is 12.7. The molecule has 0 bridgehead atoms. The fourth-order valence-corrected chi connectivity index (χ4v) is 3.80. The van der Waals surface area contributed by atoms with E-state index in [9.17, 15) is 19.2 Å². The second kappa shape index (κ2) is 8.71. The Morgan fingerprint density at radius 2 is 1.89 bits per heavy atom. The number of imide groups is 1. The zero-order chi connectivity index (χ0) is 20.2. The van der Waals surface area contributed by atoms with E-state index in [2.05, 4.69) is 17.6 Å². The summed E-state index contributed by atoms with van der Waals surface area (Å²) >= 11 is 0. The van der Waals surface area contributed by atoms with Crippen LogP contribution in [0, 0.1) is 5.92 Å². The highest BCUT2D eigenvalue weighted by Gasteiger charge is 2.49. The number of rotatable bonds is 7. The molecule has 2 N–H and O–H groups in total. The molecule has 0 radical (unpaired) electrons. The molecule has 0 aromatic rings. The zero-order valence-electron chi connectivity index (χ0n) is 16.7. The number of hydrogen-bond donors (Lipinski definition) is 2. The quantitative estimate of drug-likeness (QED) is 0.516. The van der Waals surface area contributed by atoms with Gasteiger partial charge in [0, 0.05) is 6.04 Å². The lowest BCUT2D eigenvalue weighted by atomic mass is 9.86. The van der Waals surface area contributed by atoms with E-state index >= 15 is 0 Å². The third-order valence-corrected chi connectivity index (χ3v) is 5.86. The van der Waals surface area contributed by atoms with Crippen molar-refractivity contribution in [2.24, 2.45) is 5.92 Å². The van der Waals surface area contributed by atoms with Gasteiger partial charge in [-0.2, -0.15) is 0 Å². The summed E-state index contributed by atoms with van der Waals surface area (Å²) in [4.78, 5) is 49.9. The largest absolute Gasteiger partial charge is 0.451 e.